The first-order valence-electron chi connectivity index (χ1n) is 5.87. The Kier molecular flexibility index (Phi) is 3.23. The van der Waals surface area contributed by atoms with Crippen LogP contribution in [-0.4, -0.2) is 25.2 Å². The minimum atomic E-state index is 0.767. The quantitative estimate of drug-likeness (QED) is 0.673. The number of rotatable bonds is 5. The minimum absolute atomic E-state index is 0.767. The molecule has 1 aliphatic carbocycles. The monoisotopic (exact) mass is 182 g/mol. The molecule has 3 unspecified atom stereocenters. The third-order valence-corrected chi connectivity index (χ3v) is 3.37. The van der Waals surface area contributed by atoms with Crippen molar-refractivity contribution in [3.05, 3.63) is 0 Å². The molecule has 2 heteroatoms. The Bertz CT molecular complexity index is 152. The number of hydrogen-bond donors (Lipinski definition) is 2. The molecule has 2 fully saturated rings. The van der Waals surface area contributed by atoms with Crippen LogP contribution in [0.25, 0.3) is 0 Å². The summed E-state index contributed by atoms with van der Waals surface area (Å²) >= 11 is 0. The van der Waals surface area contributed by atoms with Crippen LogP contribution in [0.2, 0.25) is 0 Å². The van der Waals surface area contributed by atoms with Crippen molar-refractivity contribution in [2.75, 3.05) is 13.1 Å². The Morgan fingerprint density at radius 1 is 1.46 bits per heavy atom. The molecule has 0 aromatic heterocycles. The summed E-state index contributed by atoms with van der Waals surface area (Å²) in [6.07, 6.45) is 6.95. The number of hydrogen-bond acceptors (Lipinski definition) is 2. The SMILES string of the molecule is CCCC1CC1NCC1CCCN1. The largest absolute Gasteiger partial charge is 0.313 e. The van der Waals surface area contributed by atoms with Gasteiger partial charge < -0.3 is 10.6 Å². The van der Waals surface area contributed by atoms with Crippen molar-refractivity contribution < 1.29 is 0 Å². The molecule has 0 spiro atoms. The highest BCUT2D eigenvalue weighted by Crippen LogP contribution is 2.34. The van der Waals surface area contributed by atoms with Gasteiger partial charge in [-0.2, -0.15) is 0 Å². The highest BCUT2D eigenvalue weighted by Gasteiger charge is 2.35. The van der Waals surface area contributed by atoms with Gasteiger partial charge in [-0.25, -0.2) is 0 Å². The van der Waals surface area contributed by atoms with Crippen molar-refractivity contribution in [3.63, 3.8) is 0 Å². The Morgan fingerprint density at radius 2 is 2.38 bits per heavy atom. The van der Waals surface area contributed by atoms with Crippen LogP contribution in [0, 0.1) is 5.92 Å². The van der Waals surface area contributed by atoms with Crippen LogP contribution in [0.5, 0.6) is 0 Å². The lowest BCUT2D eigenvalue weighted by Gasteiger charge is -2.10. The zero-order chi connectivity index (χ0) is 9.10. The van der Waals surface area contributed by atoms with Crippen LogP contribution in [-0.2, 0) is 0 Å². The van der Waals surface area contributed by atoms with Gasteiger partial charge in [-0.05, 0) is 38.1 Å². The van der Waals surface area contributed by atoms with Crippen molar-refractivity contribution in [1.29, 1.82) is 0 Å². The average Bonchev–Trinajstić information content (AvgIpc) is 2.66. The van der Waals surface area contributed by atoms with E-state index in [1.54, 1.807) is 0 Å². The maximum atomic E-state index is 3.67. The smallest absolute Gasteiger partial charge is 0.0193 e. The van der Waals surface area contributed by atoms with Crippen LogP contribution in [0.1, 0.15) is 39.0 Å². The molecular formula is C11H22N2. The molecule has 0 amide bonds. The normalized spacial score (nSPS) is 38.1. The van der Waals surface area contributed by atoms with E-state index in [1.807, 2.05) is 0 Å². The second-order valence-corrected chi connectivity index (χ2v) is 4.59. The summed E-state index contributed by atoms with van der Waals surface area (Å²) in [6, 6.07) is 1.63. The second kappa shape index (κ2) is 4.43. The van der Waals surface area contributed by atoms with Crippen LogP contribution in [0.4, 0.5) is 0 Å². The molecule has 1 saturated carbocycles. The zero-order valence-electron chi connectivity index (χ0n) is 8.68. The van der Waals surface area contributed by atoms with Crippen molar-refractivity contribution in [2.24, 2.45) is 5.92 Å². The van der Waals surface area contributed by atoms with E-state index in [2.05, 4.69) is 17.6 Å². The highest BCUT2D eigenvalue weighted by molar-refractivity contribution is 4.93. The predicted octanol–water partition coefficient (Wildman–Crippen LogP) is 1.52. The predicted molar refractivity (Wildman–Crippen MR) is 55.8 cm³/mol. The van der Waals surface area contributed by atoms with Gasteiger partial charge in [0.05, 0.1) is 0 Å². The molecule has 2 aliphatic rings. The van der Waals surface area contributed by atoms with E-state index in [1.165, 1.54) is 45.2 Å². The lowest BCUT2D eigenvalue weighted by atomic mass is 10.2. The molecule has 3 atom stereocenters. The van der Waals surface area contributed by atoms with Crippen LogP contribution < -0.4 is 10.6 Å². The Hall–Kier alpha value is -0.0800. The summed E-state index contributed by atoms with van der Waals surface area (Å²) in [6.45, 7) is 4.72. The van der Waals surface area contributed by atoms with E-state index in [0.717, 1.165) is 18.0 Å². The first kappa shape index (κ1) is 9.47. The third kappa shape index (κ3) is 2.68. The fourth-order valence-corrected chi connectivity index (χ4v) is 2.41. The van der Waals surface area contributed by atoms with Gasteiger partial charge in [-0.1, -0.05) is 13.3 Å². The van der Waals surface area contributed by atoms with Gasteiger partial charge in [0.15, 0.2) is 0 Å². The molecule has 13 heavy (non-hydrogen) atoms. The van der Waals surface area contributed by atoms with Crippen molar-refractivity contribution in [3.8, 4) is 0 Å². The summed E-state index contributed by atoms with van der Waals surface area (Å²) in [5.41, 5.74) is 0. The molecule has 0 bridgehead atoms. The molecule has 1 saturated heterocycles. The Labute approximate surface area is 81.5 Å². The fraction of sp³-hybridized carbons (Fsp3) is 1.00. The van der Waals surface area contributed by atoms with Gasteiger partial charge in [-0.15, -0.1) is 0 Å². The van der Waals surface area contributed by atoms with E-state index >= 15 is 0 Å². The molecule has 0 radical (unpaired) electrons. The maximum Gasteiger partial charge on any atom is 0.0193 e. The molecule has 2 rings (SSSR count). The first-order chi connectivity index (χ1) is 6.40. The zero-order valence-corrected chi connectivity index (χ0v) is 8.68. The molecule has 1 heterocycles. The second-order valence-electron chi connectivity index (χ2n) is 4.59. The molecule has 0 aromatic rings. The molecular weight excluding hydrogens is 160 g/mol. The third-order valence-electron chi connectivity index (χ3n) is 3.37. The standard InChI is InChI=1S/C11H22N2/c1-2-4-9-7-11(9)13-8-10-5-3-6-12-10/h9-13H,2-8H2,1H3. The van der Waals surface area contributed by atoms with Gasteiger partial charge in [0.1, 0.15) is 0 Å². The summed E-state index contributed by atoms with van der Waals surface area (Å²) < 4.78 is 0. The molecule has 2 N–H and O–H groups in total. The maximum absolute atomic E-state index is 3.67. The van der Waals surface area contributed by atoms with Crippen molar-refractivity contribution >= 4 is 0 Å². The van der Waals surface area contributed by atoms with Gasteiger partial charge >= 0.3 is 0 Å². The topological polar surface area (TPSA) is 24.1 Å². The van der Waals surface area contributed by atoms with Gasteiger partial charge in [0, 0.05) is 18.6 Å². The van der Waals surface area contributed by atoms with Crippen LogP contribution >= 0.6 is 0 Å². The Morgan fingerprint density at radius 3 is 3.08 bits per heavy atom. The molecule has 1 aliphatic heterocycles. The van der Waals surface area contributed by atoms with Crippen molar-refractivity contribution in [1.82, 2.24) is 10.6 Å². The molecule has 76 valence electrons. The van der Waals surface area contributed by atoms with Crippen LogP contribution in [0.3, 0.4) is 0 Å². The summed E-state index contributed by atoms with van der Waals surface area (Å²) in [5, 5.41) is 7.19. The van der Waals surface area contributed by atoms with E-state index in [0.29, 0.717) is 0 Å². The average molecular weight is 182 g/mol. The van der Waals surface area contributed by atoms with E-state index < -0.39 is 0 Å². The van der Waals surface area contributed by atoms with Gasteiger partial charge in [-0.3, -0.25) is 0 Å². The number of nitrogens with one attached hydrogen (secondary N) is 2. The Balaban J connectivity index is 1.54. The lowest BCUT2D eigenvalue weighted by Crippen LogP contribution is -2.35. The first-order valence-corrected chi connectivity index (χ1v) is 5.87. The van der Waals surface area contributed by atoms with E-state index in [9.17, 15) is 0 Å². The molecule has 2 nitrogen and oxygen atoms in total. The van der Waals surface area contributed by atoms with Crippen molar-refractivity contribution in [2.45, 2.75) is 51.1 Å². The summed E-state index contributed by atoms with van der Waals surface area (Å²) in [7, 11) is 0. The van der Waals surface area contributed by atoms with E-state index in [-0.39, 0.29) is 0 Å². The van der Waals surface area contributed by atoms with Crippen LogP contribution in [0.15, 0.2) is 0 Å². The van der Waals surface area contributed by atoms with Gasteiger partial charge in [0.25, 0.3) is 0 Å². The summed E-state index contributed by atoms with van der Waals surface area (Å²) in [4.78, 5) is 0. The lowest BCUT2D eigenvalue weighted by molar-refractivity contribution is 0.514. The molecule has 0 aromatic carbocycles. The minimum Gasteiger partial charge on any atom is -0.313 e. The van der Waals surface area contributed by atoms with Gasteiger partial charge in [0.2, 0.25) is 0 Å². The summed E-state index contributed by atoms with van der Waals surface area (Å²) in [5.74, 6) is 1.01. The highest BCUT2D eigenvalue weighted by atomic mass is 15.0. The fourth-order valence-electron chi connectivity index (χ4n) is 2.41. The van der Waals surface area contributed by atoms with E-state index in [4.69, 9.17) is 0 Å².